The molecule has 1 aromatic carbocycles. The molecule has 0 bridgehead atoms. The Labute approximate surface area is 220 Å². The van der Waals surface area contributed by atoms with Gasteiger partial charge in [0.15, 0.2) is 0 Å². The minimum Gasteiger partial charge on any atom is -0.391 e. The maximum Gasteiger partial charge on any atom is 0.246 e. The first-order valence-electron chi connectivity index (χ1n) is 12.2. The molecule has 3 atom stereocenters. The van der Waals surface area contributed by atoms with Crippen molar-refractivity contribution in [1.29, 1.82) is 0 Å². The summed E-state index contributed by atoms with van der Waals surface area (Å²) in [6, 6.07) is 6.00. The largest absolute Gasteiger partial charge is 0.391 e. The summed E-state index contributed by atoms with van der Waals surface area (Å²) in [5, 5.41) is 15.8. The molecule has 10 nitrogen and oxygen atoms in total. The molecule has 0 saturated carbocycles. The number of aryl methyl sites for hydroxylation is 1. The molecule has 1 saturated heterocycles. The Balaban J connectivity index is 1.66. The smallest absolute Gasteiger partial charge is 0.246 e. The predicted octanol–water partition coefficient (Wildman–Crippen LogP) is 1.49. The van der Waals surface area contributed by atoms with Gasteiger partial charge >= 0.3 is 0 Å². The van der Waals surface area contributed by atoms with E-state index in [4.69, 9.17) is 5.73 Å². The molecule has 2 heterocycles. The van der Waals surface area contributed by atoms with Crippen LogP contribution < -0.4 is 16.4 Å². The summed E-state index contributed by atoms with van der Waals surface area (Å²) in [5.74, 6) is -1.92. The molecule has 1 aliphatic rings. The number of hydrogen-bond donors (Lipinski definition) is 4. The molecule has 200 valence electrons. The second-order valence-electron chi connectivity index (χ2n) is 10.4. The van der Waals surface area contributed by atoms with Crippen molar-refractivity contribution < 1.29 is 24.3 Å². The zero-order chi connectivity index (χ0) is 27.3. The molecule has 4 amide bonds. The first-order chi connectivity index (χ1) is 17.4. The van der Waals surface area contributed by atoms with E-state index in [9.17, 15) is 24.3 Å². The zero-order valence-electron chi connectivity index (χ0n) is 21.6. The highest BCUT2D eigenvalue weighted by atomic mass is 32.1. The Bertz CT molecular complexity index is 1140. The van der Waals surface area contributed by atoms with Gasteiger partial charge in [0.1, 0.15) is 12.1 Å². The number of hydrogen-bond acceptors (Lipinski definition) is 7. The molecule has 0 aliphatic carbocycles. The predicted molar refractivity (Wildman–Crippen MR) is 140 cm³/mol. The van der Waals surface area contributed by atoms with Crippen LogP contribution in [0.4, 0.5) is 0 Å². The molecule has 1 aromatic heterocycles. The van der Waals surface area contributed by atoms with Crippen molar-refractivity contribution in [3.63, 3.8) is 0 Å². The van der Waals surface area contributed by atoms with Gasteiger partial charge in [0, 0.05) is 32.4 Å². The summed E-state index contributed by atoms with van der Waals surface area (Å²) in [6.07, 6.45) is -1.01. The standard InChI is InChI=1S/C26H35N5O5S/c1-15-22(37-14-29-15)17-7-5-16(6-8-17)12-28-24(35)19-11-18(32)13-31(19)25(36)23(26(2,3)4)30-21(34)10-9-20(27)33/h5-8,14,18-19,23,32H,9-13H2,1-4H3,(H2,27,33)(H,28,35)(H,30,34)/t18-,19?,23-/m1/s1. The number of amides is 4. The van der Waals surface area contributed by atoms with Gasteiger partial charge in [0.2, 0.25) is 23.6 Å². The molecule has 37 heavy (non-hydrogen) atoms. The van der Waals surface area contributed by atoms with E-state index < -0.39 is 41.3 Å². The Morgan fingerprint density at radius 2 is 1.86 bits per heavy atom. The number of primary amides is 1. The number of carbonyl (C=O) groups is 4. The van der Waals surface area contributed by atoms with Crippen molar-refractivity contribution in [1.82, 2.24) is 20.5 Å². The summed E-state index contributed by atoms with van der Waals surface area (Å²) in [4.78, 5) is 56.7. The summed E-state index contributed by atoms with van der Waals surface area (Å²) in [5.41, 5.74) is 9.16. The van der Waals surface area contributed by atoms with E-state index in [1.165, 1.54) is 4.90 Å². The van der Waals surface area contributed by atoms with Crippen LogP contribution in [0.2, 0.25) is 0 Å². The normalized spacial score (nSPS) is 18.4. The molecule has 5 N–H and O–H groups in total. The number of aliphatic hydroxyl groups excluding tert-OH is 1. The molecule has 2 aromatic rings. The van der Waals surface area contributed by atoms with Crippen molar-refractivity contribution in [2.75, 3.05) is 6.54 Å². The second kappa shape index (κ2) is 11.8. The number of likely N-dealkylation sites (tertiary alicyclic amines) is 1. The molecule has 0 radical (unpaired) electrons. The lowest BCUT2D eigenvalue weighted by atomic mass is 9.85. The number of nitrogens with zero attached hydrogens (tertiary/aromatic N) is 2. The number of nitrogens with two attached hydrogens (primary N) is 1. The van der Waals surface area contributed by atoms with Gasteiger partial charge < -0.3 is 26.4 Å². The fourth-order valence-corrected chi connectivity index (χ4v) is 5.06. The van der Waals surface area contributed by atoms with E-state index in [0.717, 1.165) is 21.7 Å². The SMILES string of the molecule is Cc1ncsc1-c1ccc(CNC(=O)C2C[C@@H](O)CN2C(=O)[C@@H](NC(=O)CCC(N)=O)C(C)(C)C)cc1. The fourth-order valence-electron chi connectivity index (χ4n) is 4.25. The van der Waals surface area contributed by atoms with E-state index in [1.54, 1.807) is 37.6 Å². The summed E-state index contributed by atoms with van der Waals surface area (Å²) in [7, 11) is 0. The lowest BCUT2D eigenvalue weighted by Crippen LogP contribution is -2.57. The number of nitrogens with one attached hydrogen (secondary N) is 2. The first-order valence-corrected chi connectivity index (χ1v) is 13.1. The highest BCUT2D eigenvalue weighted by molar-refractivity contribution is 7.13. The average Bonchev–Trinajstić information content (AvgIpc) is 3.44. The van der Waals surface area contributed by atoms with Crippen LogP contribution in [0.1, 0.15) is 51.3 Å². The monoisotopic (exact) mass is 529 g/mol. The van der Waals surface area contributed by atoms with Crippen LogP contribution in [0.3, 0.4) is 0 Å². The Morgan fingerprint density at radius 3 is 2.43 bits per heavy atom. The quantitative estimate of drug-likeness (QED) is 0.386. The summed E-state index contributed by atoms with van der Waals surface area (Å²) in [6.45, 7) is 7.60. The zero-order valence-corrected chi connectivity index (χ0v) is 22.4. The first kappa shape index (κ1) is 28.3. The van der Waals surface area contributed by atoms with Gasteiger partial charge in [-0.1, -0.05) is 45.0 Å². The average molecular weight is 530 g/mol. The van der Waals surface area contributed by atoms with Crippen LogP contribution in [0.25, 0.3) is 10.4 Å². The number of β-amino-alcohol motifs (C(OH)–C–C–N with tert-alkyl or cyclic N) is 1. The Kier molecular flexibility index (Phi) is 9.03. The van der Waals surface area contributed by atoms with Crippen molar-refractivity contribution >= 4 is 35.0 Å². The third-order valence-corrected chi connectivity index (χ3v) is 7.29. The molecular weight excluding hydrogens is 494 g/mol. The topological polar surface area (TPSA) is 155 Å². The van der Waals surface area contributed by atoms with Crippen LogP contribution >= 0.6 is 11.3 Å². The van der Waals surface area contributed by atoms with E-state index in [-0.39, 0.29) is 38.3 Å². The lowest BCUT2D eigenvalue weighted by Gasteiger charge is -2.35. The maximum atomic E-state index is 13.5. The second-order valence-corrected chi connectivity index (χ2v) is 11.3. The molecule has 1 fully saturated rings. The number of benzene rings is 1. The van der Waals surface area contributed by atoms with Crippen LogP contribution in [-0.4, -0.2) is 63.4 Å². The number of rotatable bonds is 9. The minimum atomic E-state index is -0.948. The molecule has 11 heteroatoms. The number of aliphatic hydroxyl groups is 1. The Morgan fingerprint density at radius 1 is 1.19 bits per heavy atom. The highest BCUT2D eigenvalue weighted by Gasteiger charge is 2.44. The third-order valence-electron chi connectivity index (χ3n) is 6.31. The van der Waals surface area contributed by atoms with Crippen LogP contribution in [0, 0.1) is 12.3 Å². The van der Waals surface area contributed by atoms with Crippen molar-refractivity contribution in [2.24, 2.45) is 11.1 Å². The van der Waals surface area contributed by atoms with Crippen molar-refractivity contribution in [3.8, 4) is 10.4 Å². The van der Waals surface area contributed by atoms with Crippen LogP contribution in [-0.2, 0) is 25.7 Å². The van der Waals surface area contributed by atoms with Gasteiger partial charge in [-0.25, -0.2) is 4.98 Å². The van der Waals surface area contributed by atoms with Crippen LogP contribution in [0.5, 0.6) is 0 Å². The van der Waals surface area contributed by atoms with Crippen LogP contribution in [0.15, 0.2) is 29.8 Å². The fraction of sp³-hybridized carbons (Fsp3) is 0.500. The third kappa shape index (κ3) is 7.36. The van der Waals surface area contributed by atoms with Crippen molar-refractivity contribution in [3.05, 3.63) is 41.0 Å². The van der Waals surface area contributed by atoms with Gasteiger partial charge in [-0.15, -0.1) is 11.3 Å². The van der Waals surface area contributed by atoms with Gasteiger partial charge in [-0.3, -0.25) is 19.2 Å². The molecular formula is C26H35N5O5S. The molecule has 1 unspecified atom stereocenters. The van der Waals surface area contributed by atoms with Gasteiger partial charge in [-0.2, -0.15) is 0 Å². The number of aromatic nitrogens is 1. The van der Waals surface area contributed by atoms with Gasteiger partial charge in [0.05, 0.1) is 22.2 Å². The van der Waals surface area contributed by atoms with Gasteiger partial charge in [0.25, 0.3) is 0 Å². The summed E-state index contributed by atoms with van der Waals surface area (Å²) < 4.78 is 0. The molecule has 0 spiro atoms. The van der Waals surface area contributed by atoms with E-state index in [1.807, 2.05) is 31.2 Å². The van der Waals surface area contributed by atoms with Gasteiger partial charge in [-0.05, 0) is 23.5 Å². The molecule has 1 aliphatic heterocycles. The lowest BCUT2D eigenvalue weighted by molar-refractivity contribution is -0.144. The Hall–Kier alpha value is -3.31. The molecule has 3 rings (SSSR count). The highest BCUT2D eigenvalue weighted by Crippen LogP contribution is 2.28. The van der Waals surface area contributed by atoms with E-state index >= 15 is 0 Å². The van der Waals surface area contributed by atoms with E-state index in [2.05, 4.69) is 15.6 Å². The van der Waals surface area contributed by atoms with Crippen molar-refractivity contribution in [2.45, 2.75) is 71.7 Å². The number of carbonyl (C=O) groups excluding carboxylic acids is 4. The maximum absolute atomic E-state index is 13.5. The van der Waals surface area contributed by atoms with E-state index in [0.29, 0.717) is 0 Å². The minimum absolute atomic E-state index is 0.0104. The number of thiazole rings is 1. The summed E-state index contributed by atoms with van der Waals surface area (Å²) >= 11 is 1.57.